The first-order valence-electron chi connectivity index (χ1n) is 9.08. The predicted octanol–water partition coefficient (Wildman–Crippen LogP) is 2.78. The molecule has 150 valence electrons. The van der Waals surface area contributed by atoms with Crippen molar-refractivity contribution in [3.63, 3.8) is 0 Å². The quantitative estimate of drug-likeness (QED) is 0.668. The summed E-state index contributed by atoms with van der Waals surface area (Å²) >= 11 is 0. The highest BCUT2D eigenvalue weighted by Crippen LogP contribution is 2.29. The molecule has 7 nitrogen and oxygen atoms in total. The Hall–Kier alpha value is -3.30. The van der Waals surface area contributed by atoms with Gasteiger partial charge in [0.2, 0.25) is 0 Å². The van der Waals surface area contributed by atoms with Crippen molar-refractivity contribution >= 4 is 5.82 Å². The Morgan fingerprint density at radius 1 is 1.10 bits per heavy atom. The number of halogens is 3. The number of anilines is 1. The zero-order valence-electron chi connectivity index (χ0n) is 15.3. The maximum atomic E-state index is 12.7. The minimum atomic E-state index is -4.53. The van der Waals surface area contributed by atoms with Gasteiger partial charge in [-0.15, -0.1) is 10.2 Å². The Kier molecular flexibility index (Phi) is 4.99. The van der Waals surface area contributed by atoms with E-state index in [4.69, 9.17) is 0 Å². The Morgan fingerprint density at radius 3 is 2.66 bits per heavy atom. The third-order valence-corrected chi connectivity index (χ3v) is 4.82. The van der Waals surface area contributed by atoms with Gasteiger partial charge in [-0.2, -0.15) is 18.3 Å². The van der Waals surface area contributed by atoms with Crippen LogP contribution in [0.25, 0.3) is 11.3 Å². The van der Waals surface area contributed by atoms with Crippen LogP contribution in [0.4, 0.5) is 19.0 Å². The number of alkyl halides is 3. The Balaban J connectivity index is 1.57. The van der Waals surface area contributed by atoms with Gasteiger partial charge in [-0.25, -0.2) is 4.68 Å². The molecule has 1 aliphatic heterocycles. The molecule has 3 aromatic rings. The van der Waals surface area contributed by atoms with E-state index in [1.165, 1.54) is 16.8 Å². The van der Waals surface area contributed by atoms with Gasteiger partial charge in [0.1, 0.15) is 0 Å². The van der Waals surface area contributed by atoms with Crippen LogP contribution in [-0.2, 0) is 12.7 Å². The summed E-state index contributed by atoms with van der Waals surface area (Å²) in [4.78, 5) is 18.2. The number of hydrogen-bond acceptors (Lipinski definition) is 6. The molecule has 1 unspecified atom stereocenters. The van der Waals surface area contributed by atoms with Crippen molar-refractivity contribution in [3.05, 3.63) is 64.8 Å². The SMILES string of the molecule is O=c1ccc(-c2cccnc2)nn1CC1CCCN1c1ccc(C(F)(F)F)nn1. The van der Waals surface area contributed by atoms with Crippen LogP contribution < -0.4 is 10.5 Å². The topological polar surface area (TPSA) is 76.8 Å². The van der Waals surface area contributed by atoms with Gasteiger partial charge in [0.05, 0.1) is 18.3 Å². The van der Waals surface area contributed by atoms with E-state index in [0.717, 1.165) is 24.5 Å². The van der Waals surface area contributed by atoms with Gasteiger partial charge in [-0.05, 0) is 43.2 Å². The van der Waals surface area contributed by atoms with Gasteiger partial charge in [-0.3, -0.25) is 9.78 Å². The second-order valence-corrected chi connectivity index (χ2v) is 6.74. The standard InChI is InChI=1S/C19H17F3N6O/c20-19(21,22)16-6-7-17(25-24-16)27-10-2-4-14(27)12-28-18(29)8-5-15(26-28)13-3-1-9-23-11-13/h1,3,5-9,11,14H,2,4,10,12H2. The molecule has 1 atom stereocenters. The number of hydrogen-bond donors (Lipinski definition) is 0. The van der Waals surface area contributed by atoms with Crippen molar-refractivity contribution < 1.29 is 13.2 Å². The summed E-state index contributed by atoms with van der Waals surface area (Å²) in [7, 11) is 0. The number of nitrogens with zero attached hydrogens (tertiary/aromatic N) is 6. The molecule has 0 amide bonds. The Bertz CT molecular complexity index is 1040. The summed E-state index contributed by atoms with van der Waals surface area (Å²) in [5, 5.41) is 11.5. The van der Waals surface area contributed by atoms with Gasteiger partial charge in [0, 0.05) is 30.6 Å². The van der Waals surface area contributed by atoms with Crippen LogP contribution in [-0.4, -0.2) is 37.5 Å². The van der Waals surface area contributed by atoms with Crippen molar-refractivity contribution in [3.8, 4) is 11.3 Å². The third-order valence-electron chi connectivity index (χ3n) is 4.82. The second-order valence-electron chi connectivity index (χ2n) is 6.74. The molecule has 1 fully saturated rings. The average Bonchev–Trinajstić information content (AvgIpc) is 3.18. The number of aromatic nitrogens is 5. The zero-order valence-corrected chi connectivity index (χ0v) is 15.3. The van der Waals surface area contributed by atoms with Crippen LogP contribution in [0.5, 0.6) is 0 Å². The first-order chi connectivity index (χ1) is 13.9. The van der Waals surface area contributed by atoms with Gasteiger partial charge >= 0.3 is 6.18 Å². The second kappa shape index (κ2) is 7.61. The monoisotopic (exact) mass is 402 g/mol. The highest BCUT2D eigenvalue weighted by Gasteiger charge is 2.34. The van der Waals surface area contributed by atoms with Crippen molar-refractivity contribution in [1.82, 2.24) is 25.0 Å². The summed E-state index contributed by atoms with van der Waals surface area (Å²) in [6.45, 7) is 0.928. The molecule has 0 aromatic carbocycles. The van der Waals surface area contributed by atoms with Crippen LogP contribution in [0, 0.1) is 0 Å². The molecule has 29 heavy (non-hydrogen) atoms. The molecule has 3 aromatic heterocycles. The largest absolute Gasteiger partial charge is 0.435 e. The summed E-state index contributed by atoms with van der Waals surface area (Å²) in [6.07, 6.45) is 0.399. The molecule has 0 spiro atoms. The molecule has 4 rings (SSSR count). The minimum absolute atomic E-state index is 0.115. The van der Waals surface area contributed by atoms with Crippen molar-refractivity contribution in [2.45, 2.75) is 31.6 Å². The molecular formula is C19H17F3N6O. The maximum absolute atomic E-state index is 12.7. The first-order valence-corrected chi connectivity index (χ1v) is 9.08. The fourth-order valence-electron chi connectivity index (χ4n) is 3.40. The van der Waals surface area contributed by atoms with Crippen LogP contribution in [0.15, 0.2) is 53.6 Å². The van der Waals surface area contributed by atoms with Gasteiger partial charge in [-0.1, -0.05) is 0 Å². The highest BCUT2D eigenvalue weighted by atomic mass is 19.4. The number of rotatable bonds is 4. The summed E-state index contributed by atoms with van der Waals surface area (Å²) in [5.74, 6) is 0.358. The van der Waals surface area contributed by atoms with E-state index in [2.05, 4.69) is 20.3 Å². The molecule has 0 aliphatic carbocycles. The zero-order chi connectivity index (χ0) is 20.4. The lowest BCUT2D eigenvalue weighted by atomic mass is 10.2. The molecule has 4 heterocycles. The lowest BCUT2D eigenvalue weighted by molar-refractivity contribution is -0.141. The van der Waals surface area contributed by atoms with Crippen molar-refractivity contribution in [2.24, 2.45) is 0 Å². The van der Waals surface area contributed by atoms with Crippen molar-refractivity contribution in [1.29, 1.82) is 0 Å². The van der Waals surface area contributed by atoms with E-state index in [1.54, 1.807) is 24.5 Å². The maximum Gasteiger partial charge on any atom is 0.435 e. The normalized spacial score (nSPS) is 16.9. The molecule has 10 heteroatoms. The average molecular weight is 402 g/mol. The lowest BCUT2D eigenvalue weighted by Gasteiger charge is -2.25. The van der Waals surface area contributed by atoms with Crippen LogP contribution >= 0.6 is 0 Å². The fraction of sp³-hybridized carbons (Fsp3) is 0.316. The van der Waals surface area contributed by atoms with Crippen LogP contribution in [0.2, 0.25) is 0 Å². The molecular weight excluding hydrogens is 385 g/mol. The number of pyridine rings is 1. The first kappa shape index (κ1) is 19.0. The molecule has 0 bridgehead atoms. The van der Waals surface area contributed by atoms with E-state index in [-0.39, 0.29) is 11.6 Å². The smallest absolute Gasteiger partial charge is 0.350 e. The molecule has 0 saturated carbocycles. The predicted molar refractivity (Wildman–Crippen MR) is 99.1 cm³/mol. The Morgan fingerprint density at radius 2 is 1.97 bits per heavy atom. The fourth-order valence-corrected chi connectivity index (χ4v) is 3.40. The third kappa shape index (κ3) is 4.10. The van der Waals surface area contributed by atoms with Gasteiger partial charge in [0.25, 0.3) is 5.56 Å². The molecule has 0 N–H and O–H groups in total. The van der Waals surface area contributed by atoms with Gasteiger partial charge < -0.3 is 4.90 Å². The molecule has 0 radical (unpaired) electrons. The highest BCUT2D eigenvalue weighted by molar-refractivity contribution is 5.56. The van der Waals surface area contributed by atoms with E-state index in [0.29, 0.717) is 24.6 Å². The lowest BCUT2D eigenvalue weighted by Crippen LogP contribution is -2.37. The van der Waals surface area contributed by atoms with E-state index in [1.807, 2.05) is 11.0 Å². The van der Waals surface area contributed by atoms with Crippen LogP contribution in [0.3, 0.4) is 0 Å². The summed E-state index contributed by atoms with van der Waals surface area (Å²) in [5.41, 5.74) is 0.136. The van der Waals surface area contributed by atoms with E-state index in [9.17, 15) is 18.0 Å². The van der Waals surface area contributed by atoms with Crippen molar-refractivity contribution in [2.75, 3.05) is 11.4 Å². The van der Waals surface area contributed by atoms with Gasteiger partial charge in [0.15, 0.2) is 11.5 Å². The Labute approximate surface area is 163 Å². The summed E-state index contributed by atoms with van der Waals surface area (Å²) in [6, 6.07) is 8.85. The summed E-state index contributed by atoms with van der Waals surface area (Å²) < 4.78 is 39.5. The van der Waals surface area contributed by atoms with Crippen LogP contribution in [0.1, 0.15) is 18.5 Å². The van der Waals surface area contributed by atoms with E-state index >= 15 is 0 Å². The minimum Gasteiger partial charge on any atom is -0.350 e. The molecule has 1 aliphatic rings. The molecule has 1 saturated heterocycles. The van der Waals surface area contributed by atoms with E-state index < -0.39 is 11.9 Å².